The molecule has 1 heteroatoms. The Bertz CT molecular complexity index is 145. The van der Waals surface area contributed by atoms with Gasteiger partial charge in [-0.15, -0.1) is 0 Å². The molecule has 0 amide bonds. The lowest BCUT2D eigenvalue weighted by atomic mass is 10.1. The smallest absolute Gasteiger partial charge is 0.206 e. The topological polar surface area (TPSA) is 17.1 Å². The van der Waals surface area contributed by atoms with E-state index in [1.807, 2.05) is 24.5 Å². The number of rotatable bonds is 1. The molecule has 1 aliphatic carbocycles. The number of hydrogen-bond acceptors (Lipinski definition) is 1. The molecule has 0 aromatic carbocycles. The molecule has 0 saturated heterocycles. The van der Waals surface area contributed by atoms with Crippen molar-refractivity contribution in [2.45, 2.75) is 12.8 Å². The van der Waals surface area contributed by atoms with E-state index in [9.17, 15) is 4.79 Å². The average Bonchev–Trinajstić information content (AvgIpc) is 2.13. The van der Waals surface area contributed by atoms with Gasteiger partial charge in [0.2, 0.25) is 6.29 Å². The van der Waals surface area contributed by atoms with Crippen LogP contribution in [-0.4, -0.2) is 6.29 Å². The molecule has 1 unspecified atom stereocenters. The Kier molecular flexibility index (Phi) is 2.25. The lowest BCUT2D eigenvalue weighted by Gasteiger charge is -1.93. The summed E-state index contributed by atoms with van der Waals surface area (Å²) in [5, 5.41) is 0. The molecule has 0 bridgehead atoms. The van der Waals surface area contributed by atoms with Crippen LogP contribution in [0.25, 0.3) is 0 Å². The molecule has 0 aliphatic heterocycles. The van der Waals surface area contributed by atoms with Gasteiger partial charge in [-0.05, 0) is 12.8 Å². The fraction of sp³-hybridized carbons (Fsp3) is 0.375. The summed E-state index contributed by atoms with van der Waals surface area (Å²) in [6.45, 7) is 0. The van der Waals surface area contributed by atoms with Crippen molar-refractivity contribution in [3.8, 4) is 0 Å². The Morgan fingerprint density at radius 3 is 3.00 bits per heavy atom. The molecule has 0 spiro atoms. The normalized spacial score (nSPS) is 25.6. The van der Waals surface area contributed by atoms with E-state index in [0.717, 1.165) is 12.8 Å². The van der Waals surface area contributed by atoms with Gasteiger partial charge in [0.25, 0.3) is 0 Å². The van der Waals surface area contributed by atoms with Crippen LogP contribution < -0.4 is 0 Å². The van der Waals surface area contributed by atoms with E-state index in [2.05, 4.69) is 6.08 Å². The van der Waals surface area contributed by atoms with Gasteiger partial charge in [-0.2, -0.15) is 0 Å². The lowest BCUT2D eigenvalue weighted by molar-refractivity contribution is 0.539. The fourth-order valence-electron chi connectivity index (χ4n) is 0.826. The van der Waals surface area contributed by atoms with Crippen molar-refractivity contribution in [1.82, 2.24) is 0 Å². The van der Waals surface area contributed by atoms with Gasteiger partial charge in [0.1, 0.15) is 0 Å². The van der Waals surface area contributed by atoms with Crippen molar-refractivity contribution >= 4 is 6.29 Å². The second kappa shape index (κ2) is 3.23. The van der Waals surface area contributed by atoms with Gasteiger partial charge in [0.05, 0.1) is 0 Å². The zero-order valence-corrected chi connectivity index (χ0v) is 5.21. The van der Waals surface area contributed by atoms with E-state index in [0.29, 0.717) is 0 Å². The standard InChI is InChI=1S/C8H9O/c9-7-8-5-3-1-2-4-6-8/h1,3-4,6,8H,2,5H2. The maximum Gasteiger partial charge on any atom is 0.206 e. The predicted molar refractivity (Wildman–Crippen MR) is 36.7 cm³/mol. The molecular weight excluding hydrogens is 112 g/mol. The highest BCUT2D eigenvalue weighted by atomic mass is 16.1. The van der Waals surface area contributed by atoms with Crippen LogP contribution >= 0.6 is 0 Å². The summed E-state index contributed by atoms with van der Waals surface area (Å²) in [4.78, 5) is 10.1. The van der Waals surface area contributed by atoms with Crippen molar-refractivity contribution in [2.75, 3.05) is 0 Å². The largest absolute Gasteiger partial charge is 0.290 e. The summed E-state index contributed by atoms with van der Waals surface area (Å²) >= 11 is 0. The van der Waals surface area contributed by atoms with Gasteiger partial charge >= 0.3 is 0 Å². The summed E-state index contributed by atoms with van der Waals surface area (Å²) < 4.78 is 0. The summed E-state index contributed by atoms with van der Waals surface area (Å²) in [6.07, 6.45) is 11.7. The van der Waals surface area contributed by atoms with Gasteiger partial charge in [-0.1, -0.05) is 24.3 Å². The minimum absolute atomic E-state index is 0.00347. The third-order valence-electron chi connectivity index (χ3n) is 1.35. The average molecular weight is 121 g/mol. The Balaban J connectivity index is 2.54. The molecule has 0 N–H and O–H groups in total. The van der Waals surface area contributed by atoms with Crippen LogP contribution in [0.15, 0.2) is 24.3 Å². The number of hydrogen-bond donors (Lipinski definition) is 0. The molecule has 1 atom stereocenters. The van der Waals surface area contributed by atoms with Crippen LogP contribution in [0.1, 0.15) is 12.8 Å². The van der Waals surface area contributed by atoms with Crippen LogP contribution in [-0.2, 0) is 4.79 Å². The SMILES string of the molecule is O=[C]C1C=CCC=CC1. The molecule has 0 aromatic heterocycles. The summed E-state index contributed by atoms with van der Waals surface area (Å²) in [5.74, 6) is 0.00347. The van der Waals surface area contributed by atoms with Crippen molar-refractivity contribution in [3.05, 3.63) is 24.3 Å². The molecule has 1 rings (SSSR count). The first kappa shape index (κ1) is 6.27. The Hall–Kier alpha value is -0.850. The number of allylic oxidation sites excluding steroid dienone is 4. The third kappa shape index (κ3) is 1.84. The molecule has 1 nitrogen and oxygen atoms in total. The van der Waals surface area contributed by atoms with Gasteiger partial charge in [-0.25, -0.2) is 0 Å². The van der Waals surface area contributed by atoms with Crippen LogP contribution in [0.4, 0.5) is 0 Å². The van der Waals surface area contributed by atoms with Crippen molar-refractivity contribution in [3.63, 3.8) is 0 Å². The Labute approximate surface area is 55.1 Å². The third-order valence-corrected chi connectivity index (χ3v) is 1.35. The minimum atomic E-state index is 0.00347. The highest BCUT2D eigenvalue weighted by Crippen LogP contribution is 2.07. The molecule has 9 heavy (non-hydrogen) atoms. The fourth-order valence-corrected chi connectivity index (χ4v) is 0.826. The van der Waals surface area contributed by atoms with E-state index in [-0.39, 0.29) is 5.92 Å². The maximum atomic E-state index is 10.1. The van der Waals surface area contributed by atoms with Crippen molar-refractivity contribution < 1.29 is 4.79 Å². The molecule has 1 radical (unpaired) electrons. The zero-order valence-electron chi connectivity index (χ0n) is 5.21. The van der Waals surface area contributed by atoms with Crippen LogP contribution in [0, 0.1) is 5.92 Å². The first-order chi connectivity index (χ1) is 4.43. The zero-order chi connectivity index (χ0) is 6.53. The van der Waals surface area contributed by atoms with Gasteiger partial charge in [0.15, 0.2) is 0 Å². The molecule has 0 fully saturated rings. The highest BCUT2D eigenvalue weighted by Gasteiger charge is 2.01. The van der Waals surface area contributed by atoms with E-state index in [1.54, 1.807) is 0 Å². The maximum absolute atomic E-state index is 10.1. The van der Waals surface area contributed by atoms with Crippen molar-refractivity contribution in [1.29, 1.82) is 0 Å². The minimum Gasteiger partial charge on any atom is -0.290 e. The molecular formula is C8H9O. The number of carbonyl (C=O) groups excluding carboxylic acids is 1. The summed E-state index contributed by atoms with van der Waals surface area (Å²) in [6, 6.07) is 0. The van der Waals surface area contributed by atoms with E-state index < -0.39 is 0 Å². The lowest BCUT2D eigenvalue weighted by Crippen LogP contribution is -1.93. The highest BCUT2D eigenvalue weighted by molar-refractivity contribution is 5.57. The Morgan fingerprint density at radius 1 is 1.33 bits per heavy atom. The first-order valence-electron chi connectivity index (χ1n) is 3.13. The molecule has 0 saturated carbocycles. The van der Waals surface area contributed by atoms with E-state index in [1.165, 1.54) is 0 Å². The second-order valence-corrected chi connectivity index (χ2v) is 2.10. The van der Waals surface area contributed by atoms with Gasteiger partial charge < -0.3 is 0 Å². The quantitative estimate of drug-likeness (QED) is 0.482. The monoisotopic (exact) mass is 121 g/mol. The Morgan fingerprint density at radius 2 is 2.22 bits per heavy atom. The van der Waals surface area contributed by atoms with Gasteiger partial charge in [0, 0.05) is 5.92 Å². The van der Waals surface area contributed by atoms with Crippen LogP contribution in [0.5, 0.6) is 0 Å². The second-order valence-electron chi connectivity index (χ2n) is 2.10. The van der Waals surface area contributed by atoms with E-state index in [4.69, 9.17) is 0 Å². The first-order valence-corrected chi connectivity index (χ1v) is 3.13. The molecule has 47 valence electrons. The molecule has 1 aliphatic rings. The van der Waals surface area contributed by atoms with Gasteiger partial charge in [-0.3, -0.25) is 4.79 Å². The van der Waals surface area contributed by atoms with Crippen molar-refractivity contribution in [2.24, 2.45) is 5.92 Å². The molecule has 0 aromatic rings. The van der Waals surface area contributed by atoms with Crippen LogP contribution in [0.2, 0.25) is 0 Å². The summed E-state index contributed by atoms with van der Waals surface area (Å²) in [7, 11) is 0. The van der Waals surface area contributed by atoms with Crippen LogP contribution in [0.3, 0.4) is 0 Å². The summed E-state index contributed by atoms with van der Waals surface area (Å²) in [5.41, 5.74) is 0. The predicted octanol–water partition coefficient (Wildman–Crippen LogP) is 1.62. The van der Waals surface area contributed by atoms with E-state index >= 15 is 0 Å². The molecule has 0 heterocycles.